The lowest BCUT2D eigenvalue weighted by Crippen LogP contribution is -2.07. The van der Waals surface area contributed by atoms with Gasteiger partial charge in [-0.2, -0.15) is 0 Å². The minimum Gasteiger partial charge on any atom is -0.399 e. The van der Waals surface area contributed by atoms with E-state index >= 15 is 0 Å². The second-order valence-corrected chi connectivity index (χ2v) is 5.33. The Balaban J connectivity index is 2.15. The molecule has 102 valence electrons. The van der Waals surface area contributed by atoms with Crippen LogP contribution in [0, 0.1) is 0 Å². The summed E-state index contributed by atoms with van der Waals surface area (Å²) in [5.74, 6) is 0.730. The number of benzene rings is 2. The molecule has 20 heavy (non-hydrogen) atoms. The second-order valence-electron chi connectivity index (χ2n) is 4.92. The van der Waals surface area contributed by atoms with Crippen molar-refractivity contribution < 1.29 is 0 Å². The quantitative estimate of drug-likeness (QED) is 0.709. The molecule has 5 heteroatoms. The average Bonchev–Trinajstić information content (AvgIpc) is 2.83. The number of nitrogens with zero attached hydrogens (tertiary/aromatic N) is 2. The van der Waals surface area contributed by atoms with E-state index < -0.39 is 0 Å². The number of aromatic amines is 1. The molecular weight excluding hydrogens is 272 g/mol. The number of nitrogens with two attached hydrogens (primary N) is 1. The van der Waals surface area contributed by atoms with Crippen LogP contribution in [0.5, 0.6) is 0 Å². The van der Waals surface area contributed by atoms with Gasteiger partial charge in [-0.25, -0.2) is 4.98 Å². The fourth-order valence-corrected chi connectivity index (χ4v) is 2.33. The molecule has 3 rings (SSSR count). The molecule has 0 saturated carbocycles. The van der Waals surface area contributed by atoms with Crippen molar-refractivity contribution >= 4 is 34.0 Å². The van der Waals surface area contributed by atoms with Gasteiger partial charge in [0.1, 0.15) is 5.82 Å². The van der Waals surface area contributed by atoms with E-state index in [1.54, 1.807) is 12.1 Å². The summed E-state index contributed by atoms with van der Waals surface area (Å²) in [6.07, 6.45) is 0. The number of rotatable bonds is 2. The van der Waals surface area contributed by atoms with E-state index in [4.69, 9.17) is 17.3 Å². The minimum absolute atomic E-state index is 0.631. The summed E-state index contributed by atoms with van der Waals surface area (Å²) in [5.41, 5.74) is 10.3. The van der Waals surface area contributed by atoms with Crippen LogP contribution in [-0.4, -0.2) is 24.1 Å². The Morgan fingerprint density at radius 3 is 2.70 bits per heavy atom. The van der Waals surface area contributed by atoms with Gasteiger partial charge >= 0.3 is 0 Å². The zero-order valence-corrected chi connectivity index (χ0v) is 12.1. The van der Waals surface area contributed by atoms with Gasteiger partial charge in [0.25, 0.3) is 0 Å². The highest BCUT2D eigenvalue weighted by Gasteiger charge is 2.10. The lowest BCUT2D eigenvalue weighted by atomic mass is 10.2. The van der Waals surface area contributed by atoms with Crippen LogP contribution in [0.2, 0.25) is 5.02 Å². The number of H-pyrrole nitrogens is 1. The van der Waals surface area contributed by atoms with Gasteiger partial charge in [-0.3, -0.25) is 0 Å². The maximum Gasteiger partial charge on any atom is 0.140 e. The Kier molecular flexibility index (Phi) is 3.03. The van der Waals surface area contributed by atoms with Crippen LogP contribution in [0.1, 0.15) is 0 Å². The average molecular weight is 287 g/mol. The van der Waals surface area contributed by atoms with Gasteiger partial charge in [-0.15, -0.1) is 0 Å². The fraction of sp³-hybridized carbons (Fsp3) is 0.133. The molecule has 0 aliphatic rings. The summed E-state index contributed by atoms with van der Waals surface area (Å²) in [6, 6.07) is 11.5. The molecule has 1 heterocycles. The molecule has 0 bridgehead atoms. The van der Waals surface area contributed by atoms with Gasteiger partial charge in [-0.05, 0) is 36.4 Å². The maximum absolute atomic E-state index is 6.22. The maximum atomic E-state index is 6.22. The summed E-state index contributed by atoms with van der Waals surface area (Å²) >= 11 is 6.22. The summed E-state index contributed by atoms with van der Waals surface area (Å²) in [6.45, 7) is 0. The van der Waals surface area contributed by atoms with Crippen LogP contribution in [-0.2, 0) is 0 Å². The third-order valence-electron chi connectivity index (χ3n) is 3.23. The molecule has 0 aliphatic heterocycles. The predicted octanol–water partition coefficient (Wildman–Crippen LogP) is 3.53. The van der Waals surface area contributed by atoms with Crippen molar-refractivity contribution in [3.05, 3.63) is 41.4 Å². The van der Waals surface area contributed by atoms with Crippen molar-refractivity contribution in [2.24, 2.45) is 0 Å². The topological polar surface area (TPSA) is 57.9 Å². The van der Waals surface area contributed by atoms with Crippen LogP contribution >= 0.6 is 11.6 Å². The zero-order chi connectivity index (χ0) is 14.3. The van der Waals surface area contributed by atoms with E-state index in [2.05, 4.69) is 16.0 Å². The van der Waals surface area contributed by atoms with Gasteiger partial charge in [0.2, 0.25) is 0 Å². The molecular formula is C15H15ClN4. The number of imidazole rings is 1. The van der Waals surface area contributed by atoms with Gasteiger partial charge in [0.15, 0.2) is 0 Å². The Hall–Kier alpha value is -2.20. The molecule has 0 atom stereocenters. The Bertz CT molecular complexity index is 777. The number of anilines is 2. The van der Waals surface area contributed by atoms with Gasteiger partial charge < -0.3 is 15.6 Å². The van der Waals surface area contributed by atoms with Crippen molar-refractivity contribution in [2.75, 3.05) is 24.7 Å². The number of nitrogens with one attached hydrogen (secondary N) is 1. The standard InChI is InChI=1S/C15H15ClN4/c1-20(2)10-4-6-13-14(8-10)19-15(18-13)11-7-9(17)3-5-12(11)16/h3-8H,17H2,1-2H3,(H,18,19). The van der Waals surface area contributed by atoms with Crippen LogP contribution < -0.4 is 10.6 Å². The lowest BCUT2D eigenvalue weighted by Gasteiger charge is -2.11. The van der Waals surface area contributed by atoms with Gasteiger partial charge in [-0.1, -0.05) is 11.6 Å². The van der Waals surface area contributed by atoms with Gasteiger partial charge in [0, 0.05) is 31.0 Å². The Morgan fingerprint density at radius 1 is 1.15 bits per heavy atom. The summed E-state index contributed by atoms with van der Waals surface area (Å²) < 4.78 is 0. The predicted molar refractivity (Wildman–Crippen MR) is 85.3 cm³/mol. The molecule has 0 spiro atoms. The first-order chi connectivity index (χ1) is 9.54. The van der Waals surface area contributed by atoms with Crippen LogP contribution in [0.3, 0.4) is 0 Å². The number of hydrogen-bond donors (Lipinski definition) is 2. The number of nitrogen functional groups attached to an aromatic ring is 1. The molecule has 0 amide bonds. The van der Waals surface area contributed by atoms with E-state index in [9.17, 15) is 0 Å². The van der Waals surface area contributed by atoms with Crippen molar-refractivity contribution in [2.45, 2.75) is 0 Å². The first-order valence-corrected chi connectivity index (χ1v) is 6.65. The van der Waals surface area contributed by atoms with Crippen molar-refractivity contribution in [3.63, 3.8) is 0 Å². The van der Waals surface area contributed by atoms with E-state index in [-0.39, 0.29) is 0 Å². The molecule has 0 fully saturated rings. The molecule has 3 aromatic rings. The molecule has 0 unspecified atom stereocenters. The molecule has 0 radical (unpaired) electrons. The van der Waals surface area contributed by atoms with Crippen molar-refractivity contribution in [1.29, 1.82) is 0 Å². The summed E-state index contributed by atoms with van der Waals surface area (Å²) in [7, 11) is 4.01. The lowest BCUT2D eigenvalue weighted by molar-refractivity contribution is 1.13. The molecule has 0 aliphatic carbocycles. The zero-order valence-electron chi connectivity index (χ0n) is 11.3. The van der Waals surface area contributed by atoms with Crippen LogP contribution in [0.4, 0.5) is 11.4 Å². The molecule has 4 nitrogen and oxygen atoms in total. The summed E-state index contributed by atoms with van der Waals surface area (Å²) in [4.78, 5) is 9.92. The second kappa shape index (κ2) is 4.72. The third kappa shape index (κ3) is 2.18. The third-order valence-corrected chi connectivity index (χ3v) is 3.56. The molecule has 2 aromatic carbocycles. The first-order valence-electron chi connectivity index (χ1n) is 6.27. The van der Waals surface area contributed by atoms with E-state index in [1.165, 1.54) is 0 Å². The number of fused-ring (bicyclic) bond motifs is 1. The first kappa shape index (κ1) is 12.8. The fourth-order valence-electron chi connectivity index (χ4n) is 2.13. The minimum atomic E-state index is 0.631. The Labute approximate surface area is 122 Å². The summed E-state index contributed by atoms with van der Waals surface area (Å²) in [5, 5.41) is 0.631. The highest BCUT2D eigenvalue weighted by Crippen LogP contribution is 2.30. The number of aromatic nitrogens is 2. The van der Waals surface area contributed by atoms with E-state index in [0.717, 1.165) is 28.1 Å². The SMILES string of the molecule is CN(C)c1ccc2nc(-c3cc(N)ccc3Cl)[nH]c2c1. The van der Waals surface area contributed by atoms with E-state index in [1.807, 2.05) is 37.2 Å². The molecule has 0 saturated heterocycles. The number of halogens is 1. The van der Waals surface area contributed by atoms with Crippen molar-refractivity contribution in [3.8, 4) is 11.4 Å². The Morgan fingerprint density at radius 2 is 1.95 bits per heavy atom. The molecule has 3 N–H and O–H groups in total. The largest absolute Gasteiger partial charge is 0.399 e. The normalized spacial score (nSPS) is 10.9. The highest BCUT2D eigenvalue weighted by molar-refractivity contribution is 6.33. The smallest absolute Gasteiger partial charge is 0.140 e. The highest BCUT2D eigenvalue weighted by atomic mass is 35.5. The molecule has 1 aromatic heterocycles. The van der Waals surface area contributed by atoms with Crippen molar-refractivity contribution in [1.82, 2.24) is 9.97 Å². The van der Waals surface area contributed by atoms with E-state index in [0.29, 0.717) is 10.7 Å². The van der Waals surface area contributed by atoms with Crippen LogP contribution in [0.15, 0.2) is 36.4 Å². The monoisotopic (exact) mass is 286 g/mol. The number of hydrogen-bond acceptors (Lipinski definition) is 3. The van der Waals surface area contributed by atoms with Crippen LogP contribution in [0.25, 0.3) is 22.4 Å². The van der Waals surface area contributed by atoms with Gasteiger partial charge in [0.05, 0.1) is 16.1 Å².